The number of carbonyl (C=O) groups excluding carboxylic acids is 1. The molecule has 1 unspecified atom stereocenters. The van der Waals surface area contributed by atoms with Crippen molar-refractivity contribution in [3.8, 4) is 0 Å². The van der Waals surface area contributed by atoms with E-state index in [-0.39, 0.29) is 11.7 Å². The summed E-state index contributed by atoms with van der Waals surface area (Å²) >= 11 is 3.55. The molecule has 2 heterocycles. The van der Waals surface area contributed by atoms with Crippen molar-refractivity contribution in [3.05, 3.63) is 10.9 Å². The zero-order valence-electron chi connectivity index (χ0n) is 11.1. The van der Waals surface area contributed by atoms with Crippen LogP contribution in [0.4, 0.5) is 10.7 Å². The Balaban J connectivity index is 2.20. The molecular weight excluding hydrogens is 264 g/mol. The number of carbonyl (C=O) groups is 1. The van der Waals surface area contributed by atoms with E-state index in [0.29, 0.717) is 10.9 Å². The molecule has 0 bridgehead atoms. The minimum Gasteiger partial charge on any atom is -0.397 e. The standard InChI is InChI=1S/C13H20N2OS2/c1-8(2)12(16)13-10(14)6-11(18-13)15-4-5-17-9(3)7-15/h6,8-9H,4-5,7,14H2,1-3H3. The number of nitrogens with zero attached hydrogens (tertiary/aromatic N) is 1. The van der Waals surface area contributed by atoms with Gasteiger partial charge in [-0.25, -0.2) is 0 Å². The number of hydrogen-bond donors (Lipinski definition) is 1. The molecule has 5 heteroatoms. The van der Waals surface area contributed by atoms with E-state index in [4.69, 9.17) is 5.73 Å². The van der Waals surface area contributed by atoms with Crippen LogP contribution >= 0.6 is 23.1 Å². The number of anilines is 2. The zero-order chi connectivity index (χ0) is 13.3. The monoisotopic (exact) mass is 284 g/mol. The first-order chi connectivity index (χ1) is 8.49. The number of thioether (sulfide) groups is 1. The highest BCUT2D eigenvalue weighted by Crippen LogP contribution is 2.35. The molecule has 1 aliphatic heterocycles. The van der Waals surface area contributed by atoms with Gasteiger partial charge in [0.25, 0.3) is 0 Å². The number of nitrogens with two attached hydrogens (primary N) is 1. The molecule has 1 aliphatic rings. The van der Waals surface area contributed by atoms with Gasteiger partial charge >= 0.3 is 0 Å². The second kappa shape index (κ2) is 5.53. The lowest BCUT2D eigenvalue weighted by molar-refractivity contribution is 0.0944. The van der Waals surface area contributed by atoms with Crippen molar-refractivity contribution in [1.82, 2.24) is 0 Å². The maximum absolute atomic E-state index is 12.0. The largest absolute Gasteiger partial charge is 0.397 e. The Bertz CT molecular complexity index is 442. The van der Waals surface area contributed by atoms with Gasteiger partial charge in [0.05, 0.1) is 15.6 Å². The van der Waals surface area contributed by atoms with Crippen molar-refractivity contribution in [2.45, 2.75) is 26.0 Å². The highest BCUT2D eigenvalue weighted by atomic mass is 32.2. The van der Waals surface area contributed by atoms with Crippen molar-refractivity contribution < 1.29 is 4.79 Å². The minimum absolute atomic E-state index is 0.00892. The van der Waals surface area contributed by atoms with Crippen molar-refractivity contribution >= 4 is 39.6 Å². The molecule has 0 spiro atoms. The third-order valence-corrected chi connectivity index (χ3v) is 5.41. The van der Waals surface area contributed by atoms with E-state index < -0.39 is 0 Å². The smallest absolute Gasteiger partial charge is 0.177 e. The van der Waals surface area contributed by atoms with E-state index in [9.17, 15) is 4.79 Å². The van der Waals surface area contributed by atoms with Crippen LogP contribution in [-0.2, 0) is 0 Å². The van der Waals surface area contributed by atoms with Crippen LogP contribution in [0.15, 0.2) is 6.07 Å². The van der Waals surface area contributed by atoms with Crippen LogP contribution in [0.25, 0.3) is 0 Å². The van der Waals surface area contributed by atoms with Crippen molar-refractivity contribution in [1.29, 1.82) is 0 Å². The van der Waals surface area contributed by atoms with Gasteiger partial charge in [0.2, 0.25) is 0 Å². The van der Waals surface area contributed by atoms with Crippen LogP contribution in [0.5, 0.6) is 0 Å². The Morgan fingerprint density at radius 2 is 2.28 bits per heavy atom. The van der Waals surface area contributed by atoms with Gasteiger partial charge in [-0.2, -0.15) is 11.8 Å². The molecule has 1 fully saturated rings. The molecule has 0 aromatic carbocycles. The molecule has 1 saturated heterocycles. The Morgan fingerprint density at radius 1 is 1.56 bits per heavy atom. The number of nitrogen functional groups attached to an aromatic ring is 1. The summed E-state index contributed by atoms with van der Waals surface area (Å²) < 4.78 is 0. The van der Waals surface area contributed by atoms with E-state index in [1.165, 1.54) is 0 Å². The van der Waals surface area contributed by atoms with E-state index >= 15 is 0 Å². The number of thiophene rings is 1. The molecule has 2 N–H and O–H groups in total. The topological polar surface area (TPSA) is 46.3 Å². The minimum atomic E-state index is 0.00892. The van der Waals surface area contributed by atoms with Gasteiger partial charge in [-0.05, 0) is 6.07 Å². The lowest BCUT2D eigenvalue weighted by Crippen LogP contribution is -2.36. The summed E-state index contributed by atoms with van der Waals surface area (Å²) in [7, 11) is 0. The van der Waals surface area contributed by atoms with Crippen LogP contribution in [0.2, 0.25) is 0 Å². The molecule has 0 amide bonds. The quantitative estimate of drug-likeness (QED) is 0.866. The summed E-state index contributed by atoms with van der Waals surface area (Å²) in [6.45, 7) is 8.17. The molecular formula is C13H20N2OS2. The van der Waals surface area contributed by atoms with Gasteiger partial charge in [0, 0.05) is 30.0 Å². The Labute approximate surface area is 117 Å². The fourth-order valence-corrected chi connectivity index (χ4v) is 4.24. The average molecular weight is 284 g/mol. The number of rotatable bonds is 3. The van der Waals surface area contributed by atoms with Gasteiger partial charge in [0.1, 0.15) is 0 Å². The van der Waals surface area contributed by atoms with Crippen LogP contribution < -0.4 is 10.6 Å². The fourth-order valence-electron chi connectivity index (χ4n) is 2.02. The third-order valence-electron chi connectivity index (χ3n) is 3.05. The van der Waals surface area contributed by atoms with Crippen molar-refractivity contribution in [2.75, 3.05) is 29.5 Å². The summed E-state index contributed by atoms with van der Waals surface area (Å²) in [5.41, 5.74) is 6.62. The highest BCUT2D eigenvalue weighted by molar-refractivity contribution is 8.00. The van der Waals surface area contributed by atoms with Gasteiger partial charge in [-0.1, -0.05) is 20.8 Å². The fraction of sp³-hybridized carbons (Fsp3) is 0.615. The summed E-state index contributed by atoms with van der Waals surface area (Å²) in [5.74, 6) is 1.31. The average Bonchev–Trinajstić information content (AvgIpc) is 2.70. The normalized spacial score (nSPS) is 20.4. The predicted molar refractivity (Wildman–Crippen MR) is 82.0 cm³/mol. The van der Waals surface area contributed by atoms with Gasteiger partial charge in [-0.3, -0.25) is 4.79 Å². The lowest BCUT2D eigenvalue weighted by Gasteiger charge is -2.31. The summed E-state index contributed by atoms with van der Waals surface area (Å²) in [4.78, 5) is 15.1. The van der Waals surface area contributed by atoms with Gasteiger partial charge < -0.3 is 10.6 Å². The summed E-state index contributed by atoms with van der Waals surface area (Å²) in [6, 6.07) is 1.96. The summed E-state index contributed by atoms with van der Waals surface area (Å²) in [6.07, 6.45) is 0. The summed E-state index contributed by atoms with van der Waals surface area (Å²) in [5, 5.41) is 1.79. The van der Waals surface area contributed by atoms with Gasteiger partial charge in [0.15, 0.2) is 5.78 Å². The Morgan fingerprint density at radius 3 is 2.89 bits per heavy atom. The Kier molecular flexibility index (Phi) is 4.22. The Hall–Kier alpha value is -0.680. The molecule has 1 aromatic heterocycles. The number of Topliss-reactive ketones (excluding diaryl/α,β-unsaturated/α-hetero) is 1. The molecule has 3 nitrogen and oxygen atoms in total. The van der Waals surface area contributed by atoms with E-state index in [2.05, 4.69) is 11.8 Å². The molecule has 0 saturated carbocycles. The number of ketones is 1. The van der Waals surface area contributed by atoms with Crippen LogP contribution in [-0.4, -0.2) is 29.9 Å². The maximum atomic E-state index is 12.0. The van der Waals surface area contributed by atoms with Gasteiger partial charge in [-0.15, -0.1) is 11.3 Å². The predicted octanol–water partition coefficient (Wildman–Crippen LogP) is 3.11. The molecule has 100 valence electrons. The second-order valence-corrected chi connectivity index (χ2v) is 7.59. The highest BCUT2D eigenvalue weighted by Gasteiger charge is 2.22. The second-order valence-electron chi connectivity index (χ2n) is 5.02. The number of hydrogen-bond acceptors (Lipinski definition) is 5. The van der Waals surface area contributed by atoms with E-state index in [1.807, 2.05) is 31.7 Å². The van der Waals surface area contributed by atoms with Crippen molar-refractivity contribution in [3.63, 3.8) is 0 Å². The van der Waals surface area contributed by atoms with Crippen LogP contribution in [0.1, 0.15) is 30.4 Å². The van der Waals surface area contributed by atoms with Crippen LogP contribution in [0, 0.1) is 5.92 Å². The molecule has 2 rings (SSSR count). The third kappa shape index (κ3) is 2.83. The SMILES string of the molecule is CC1CN(c2cc(N)c(C(=O)C(C)C)s2)CCS1. The van der Waals surface area contributed by atoms with E-state index in [0.717, 1.165) is 28.7 Å². The van der Waals surface area contributed by atoms with E-state index in [1.54, 1.807) is 11.3 Å². The molecule has 1 atom stereocenters. The maximum Gasteiger partial charge on any atom is 0.177 e. The van der Waals surface area contributed by atoms with Crippen molar-refractivity contribution in [2.24, 2.45) is 5.92 Å². The first-order valence-corrected chi connectivity index (χ1v) is 8.15. The van der Waals surface area contributed by atoms with Crippen LogP contribution in [0.3, 0.4) is 0 Å². The first-order valence-electron chi connectivity index (χ1n) is 6.29. The zero-order valence-corrected chi connectivity index (χ0v) is 12.7. The lowest BCUT2D eigenvalue weighted by atomic mass is 10.1. The molecule has 1 aromatic rings. The molecule has 18 heavy (non-hydrogen) atoms. The molecule has 0 radical (unpaired) electrons. The molecule has 0 aliphatic carbocycles. The first kappa shape index (κ1) is 13.7.